The first-order chi connectivity index (χ1) is 9.58. The standard InChI is InChI=1S/C13H10Cl2N4O/c14-7-1-2-9(15)8(5-7)10-3-4-17-13-11(12(16)20)18-6-19(10)13/h1-3,5-6,17H,4H2,(H2,16,20). The van der Waals surface area contributed by atoms with Gasteiger partial charge in [0.15, 0.2) is 5.69 Å². The molecule has 1 aromatic carbocycles. The third-order valence-corrected chi connectivity index (χ3v) is 3.59. The molecule has 2 aromatic rings. The number of aromatic nitrogens is 2. The maximum atomic E-state index is 11.3. The topological polar surface area (TPSA) is 72.9 Å². The highest BCUT2D eigenvalue weighted by Crippen LogP contribution is 2.32. The number of carbonyl (C=O) groups excluding carboxylic acids is 1. The molecule has 1 amide bonds. The van der Waals surface area contributed by atoms with Gasteiger partial charge < -0.3 is 11.1 Å². The number of hydrogen-bond acceptors (Lipinski definition) is 3. The third-order valence-electron chi connectivity index (χ3n) is 3.03. The van der Waals surface area contributed by atoms with Gasteiger partial charge in [0.25, 0.3) is 5.91 Å². The Kier molecular flexibility index (Phi) is 3.16. The van der Waals surface area contributed by atoms with Crippen LogP contribution in [0.3, 0.4) is 0 Å². The van der Waals surface area contributed by atoms with Crippen molar-refractivity contribution < 1.29 is 4.79 Å². The van der Waals surface area contributed by atoms with Crippen molar-refractivity contribution >= 4 is 40.6 Å². The number of anilines is 1. The molecule has 1 aliphatic heterocycles. The molecule has 0 saturated carbocycles. The molecule has 1 aliphatic rings. The van der Waals surface area contributed by atoms with Gasteiger partial charge in [0.05, 0.1) is 5.70 Å². The molecule has 0 atom stereocenters. The second kappa shape index (κ2) is 4.85. The van der Waals surface area contributed by atoms with Crippen LogP contribution in [0.5, 0.6) is 0 Å². The summed E-state index contributed by atoms with van der Waals surface area (Å²) in [6.07, 6.45) is 3.47. The highest BCUT2D eigenvalue weighted by atomic mass is 35.5. The SMILES string of the molecule is NC(=O)c1ncn2c1NCC=C2c1cc(Cl)ccc1Cl. The number of fused-ring (bicyclic) bond motifs is 1. The molecule has 0 spiro atoms. The summed E-state index contributed by atoms with van der Waals surface area (Å²) in [5, 5.41) is 4.23. The van der Waals surface area contributed by atoms with Gasteiger partial charge in [-0.1, -0.05) is 23.2 Å². The number of hydrogen-bond donors (Lipinski definition) is 2. The van der Waals surface area contributed by atoms with E-state index in [1.54, 1.807) is 22.8 Å². The van der Waals surface area contributed by atoms with E-state index in [4.69, 9.17) is 28.9 Å². The Balaban J connectivity index is 2.16. The van der Waals surface area contributed by atoms with Crippen LogP contribution >= 0.6 is 23.2 Å². The number of imidazole rings is 1. The first-order valence-corrected chi connectivity index (χ1v) is 6.60. The van der Waals surface area contributed by atoms with Crippen LogP contribution in [0.2, 0.25) is 10.0 Å². The molecular formula is C13H10Cl2N4O. The predicted molar refractivity (Wildman–Crippen MR) is 79.1 cm³/mol. The molecule has 0 bridgehead atoms. The van der Waals surface area contributed by atoms with Gasteiger partial charge in [0, 0.05) is 22.2 Å². The summed E-state index contributed by atoms with van der Waals surface area (Å²) in [5.41, 5.74) is 7.09. The lowest BCUT2D eigenvalue weighted by atomic mass is 10.1. The van der Waals surface area contributed by atoms with Gasteiger partial charge in [-0.15, -0.1) is 0 Å². The van der Waals surface area contributed by atoms with Crippen LogP contribution in [0.25, 0.3) is 5.70 Å². The third kappa shape index (κ3) is 2.05. The quantitative estimate of drug-likeness (QED) is 0.895. The molecule has 0 unspecified atom stereocenters. The highest BCUT2D eigenvalue weighted by molar-refractivity contribution is 6.34. The van der Waals surface area contributed by atoms with Gasteiger partial charge in [-0.05, 0) is 24.3 Å². The number of amides is 1. The molecule has 5 nitrogen and oxygen atoms in total. The van der Waals surface area contributed by atoms with E-state index < -0.39 is 5.91 Å². The second-order valence-corrected chi connectivity index (χ2v) is 5.11. The summed E-state index contributed by atoms with van der Waals surface area (Å²) in [5.74, 6) is -0.0178. The van der Waals surface area contributed by atoms with Crippen molar-refractivity contribution in [3.8, 4) is 0 Å². The largest absolute Gasteiger partial charge is 0.366 e. The Morgan fingerprint density at radius 2 is 2.20 bits per heavy atom. The zero-order valence-electron chi connectivity index (χ0n) is 10.2. The number of rotatable bonds is 2. The minimum absolute atomic E-state index is 0.203. The Morgan fingerprint density at radius 3 is 2.95 bits per heavy atom. The van der Waals surface area contributed by atoms with E-state index in [0.29, 0.717) is 22.4 Å². The number of nitrogens with one attached hydrogen (secondary N) is 1. The number of benzene rings is 1. The number of carbonyl (C=O) groups is 1. The molecule has 1 aromatic heterocycles. The van der Waals surface area contributed by atoms with Gasteiger partial charge >= 0.3 is 0 Å². The summed E-state index contributed by atoms with van der Waals surface area (Å²) in [6, 6.07) is 5.22. The highest BCUT2D eigenvalue weighted by Gasteiger charge is 2.22. The Labute approximate surface area is 125 Å². The molecule has 2 heterocycles. The summed E-state index contributed by atoms with van der Waals surface area (Å²) >= 11 is 12.2. The molecule has 3 rings (SSSR count). The molecule has 7 heteroatoms. The van der Waals surface area contributed by atoms with Crippen molar-refractivity contribution in [1.29, 1.82) is 0 Å². The van der Waals surface area contributed by atoms with Gasteiger partial charge in [0.2, 0.25) is 0 Å². The van der Waals surface area contributed by atoms with Crippen LogP contribution in [-0.2, 0) is 0 Å². The molecule has 3 N–H and O–H groups in total. The molecule has 0 radical (unpaired) electrons. The predicted octanol–water partition coefficient (Wildman–Crippen LogP) is 2.60. The molecule has 102 valence electrons. The maximum absolute atomic E-state index is 11.3. The van der Waals surface area contributed by atoms with E-state index in [2.05, 4.69) is 10.3 Å². The molecule has 0 fully saturated rings. The lowest BCUT2D eigenvalue weighted by molar-refractivity contribution is 0.0997. The first-order valence-electron chi connectivity index (χ1n) is 5.85. The lowest BCUT2D eigenvalue weighted by Crippen LogP contribution is -2.19. The van der Waals surface area contributed by atoms with Gasteiger partial charge in [-0.2, -0.15) is 0 Å². The second-order valence-electron chi connectivity index (χ2n) is 4.27. The van der Waals surface area contributed by atoms with Crippen molar-refractivity contribution in [2.75, 3.05) is 11.9 Å². The van der Waals surface area contributed by atoms with Crippen molar-refractivity contribution in [1.82, 2.24) is 9.55 Å². The number of halogens is 2. The summed E-state index contributed by atoms with van der Waals surface area (Å²) < 4.78 is 1.74. The molecule has 0 aliphatic carbocycles. The van der Waals surface area contributed by atoms with Crippen LogP contribution in [0, 0.1) is 0 Å². The van der Waals surface area contributed by atoms with E-state index in [0.717, 1.165) is 11.3 Å². The van der Waals surface area contributed by atoms with Crippen molar-refractivity contribution in [2.24, 2.45) is 5.73 Å². The zero-order chi connectivity index (χ0) is 14.3. The summed E-state index contributed by atoms with van der Waals surface area (Å²) in [7, 11) is 0. The molecular weight excluding hydrogens is 299 g/mol. The van der Waals surface area contributed by atoms with E-state index in [1.165, 1.54) is 6.33 Å². The van der Waals surface area contributed by atoms with E-state index in [-0.39, 0.29) is 5.69 Å². The van der Waals surface area contributed by atoms with E-state index in [1.807, 2.05) is 6.08 Å². The fourth-order valence-corrected chi connectivity index (χ4v) is 2.54. The van der Waals surface area contributed by atoms with Gasteiger partial charge in [0.1, 0.15) is 12.1 Å². The zero-order valence-corrected chi connectivity index (χ0v) is 11.7. The van der Waals surface area contributed by atoms with E-state index >= 15 is 0 Å². The Hall–Kier alpha value is -1.98. The van der Waals surface area contributed by atoms with Gasteiger partial charge in [-0.3, -0.25) is 9.36 Å². The van der Waals surface area contributed by atoms with Crippen LogP contribution in [0.4, 0.5) is 5.82 Å². The van der Waals surface area contributed by atoms with Crippen LogP contribution in [-0.4, -0.2) is 22.0 Å². The van der Waals surface area contributed by atoms with Gasteiger partial charge in [-0.25, -0.2) is 4.98 Å². The monoisotopic (exact) mass is 308 g/mol. The average Bonchev–Trinajstić information content (AvgIpc) is 2.85. The first kappa shape index (κ1) is 13.0. The molecule has 0 saturated heterocycles. The molecule has 20 heavy (non-hydrogen) atoms. The van der Waals surface area contributed by atoms with Crippen molar-refractivity contribution in [3.63, 3.8) is 0 Å². The summed E-state index contributed by atoms with van der Waals surface area (Å²) in [4.78, 5) is 15.4. The Morgan fingerprint density at radius 1 is 1.40 bits per heavy atom. The normalized spacial score (nSPS) is 13.4. The maximum Gasteiger partial charge on any atom is 0.271 e. The summed E-state index contributed by atoms with van der Waals surface area (Å²) in [6.45, 7) is 0.546. The van der Waals surface area contributed by atoms with Crippen LogP contribution in [0.1, 0.15) is 16.1 Å². The fourth-order valence-electron chi connectivity index (χ4n) is 2.16. The smallest absolute Gasteiger partial charge is 0.271 e. The van der Waals surface area contributed by atoms with Crippen molar-refractivity contribution in [2.45, 2.75) is 0 Å². The number of nitrogens with zero attached hydrogens (tertiary/aromatic N) is 2. The number of primary amides is 1. The average molecular weight is 309 g/mol. The van der Waals surface area contributed by atoms with Crippen LogP contribution in [0.15, 0.2) is 30.6 Å². The van der Waals surface area contributed by atoms with E-state index in [9.17, 15) is 4.79 Å². The Bertz CT molecular complexity index is 736. The fraction of sp³-hybridized carbons (Fsp3) is 0.0769. The minimum atomic E-state index is -0.579. The lowest BCUT2D eigenvalue weighted by Gasteiger charge is -2.20. The number of nitrogens with two attached hydrogens (primary N) is 1. The minimum Gasteiger partial charge on any atom is -0.366 e. The van der Waals surface area contributed by atoms with Crippen LogP contribution < -0.4 is 11.1 Å². The van der Waals surface area contributed by atoms with Crippen molar-refractivity contribution in [3.05, 3.63) is 51.9 Å².